The Kier molecular flexibility index (Phi) is 12.8. The van der Waals surface area contributed by atoms with Gasteiger partial charge in [-0.25, -0.2) is 0 Å². The maximum absolute atomic E-state index is 3.91. The van der Waals surface area contributed by atoms with Crippen molar-refractivity contribution < 1.29 is 0 Å². The van der Waals surface area contributed by atoms with Crippen molar-refractivity contribution in [2.75, 3.05) is 24.5 Å². The standard InChI is InChI=1S/C33H53N3/c1-4-5-6-7-8-9-10-11-12-13-14-21-28-35-29-22-27-34-32(35)33(2,3)36(30-23-17-15-18-24-30)31-25-19-16-20-26-31/h15-20,23-26,32,34H,4-14,21-22,27-29H2,1-3H3. The van der Waals surface area contributed by atoms with Gasteiger partial charge in [0, 0.05) is 17.9 Å². The second-order valence-corrected chi connectivity index (χ2v) is 11.3. The largest absolute Gasteiger partial charge is 0.333 e. The van der Waals surface area contributed by atoms with Gasteiger partial charge in [0.1, 0.15) is 0 Å². The third-order valence-electron chi connectivity index (χ3n) is 7.90. The molecule has 0 bridgehead atoms. The molecule has 1 N–H and O–H groups in total. The molecule has 2 aromatic carbocycles. The zero-order valence-electron chi connectivity index (χ0n) is 23.6. The van der Waals surface area contributed by atoms with Gasteiger partial charge < -0.3 is 4.90 Å². The quantitative estimate of drug-likeness (QED) is 0.223. The number of benzene rings is 2. The van der Waals surface area contributed by atoms with Crippen molar-refractivity contribution in [3.63, 3.8) is 0 Å². The summed E-state index contributed by atoms with van der Waals surface area (Å²) in [6, 6.07) is 21.8. The number of nitrogens with one attached hydrogen (secondary N) is 1. The number of hydrogen-bond donors (Lipinski definition) is 1. The van der Waals surface area contributed by atoms with Gasteiger partial charge in [-0.05, 0) is 64.0 Å². The van der Waals surface area contributed by atoms with Gasteiger partial charge in [0.15, 0.2) is 0 Å². The van der Waals surface area contributed by atoms with Crippen LogP contribution >= 0.6 is 0 Å². The molecule has 0 saturated carbocycles. The molecule has 0 spiro atoms. The highest BCUT2D eigenvalue weighted by Gasteiger charge is 2.41. The van der Waals surface area contributed by atoms with Crippen molar-refractivity contribution in [1.29, 1.82) is 0 Å². The monoisotopic (exact) mass is 491 g/mol. The molecular formula is C33H53N3. The molecule has 1 heterocycles. The summed E-state index contributed by atoms with van der Waals surface area (Å²) in [6.07, 6.45) is 18.4. The fraction of sp³-hybridized carbons (Fsp3) is 0.636. The Hall–Kier alpha value is -1.84. The van der Waals surface area contributed by atoms with Crippen molar-refractivity contribution in [3.8, 4) is 0 Å². The molecule has 0 aromatic heterocycles. The predicted molar refractivity (Wildman–Crippen MR) is 158 cm³/mol. The summed E-state index contributed by atoms with van der Waals surface area (Å²) in [6.45, 7) is 10.6. The van der Waals surface area contributed by atoms with Gasteiger partial charge >= 0.3 is 0 Å². The van der Waals surface area contributed by atoms with E-state index in [9.17, 15) is 0 Å². The molecule has 0 aliphatic carbocycles. The van der Waals surface area contributed by atoms with Crippen LogP contribution in [-0.4, -0.2) is 36.2 Å². The Balaban J connectivity index is 1.49. The van der Waals surface area contributed by atoms with Gasteiger partial charge in [-0.2, -0.15) is 0 Å². The lowest BCUT2D eigenvalue weighted by atomic mass is 9.92. The van der Waals surface area contributed by atoms with Crippen LogP contribution in [0.15, 0.2) is 60.7 Å². The molecule has 1 aliphatic heterocycles. The van der Waals surface area contributed by atoms with E-state index in [0.717, 1.165) is 6.54 Å². The highest BCUT2D eigenvalue weighted by molar-refractivity contribution is 5.65. The molecular weight excluding hydrogens is 438 g/mol. The minimum absolute atomic E-state index is 0.0970. The normalized spacial score (nSPS) is 16.8. The first kappa shape index (κ1) is 28.7. The van der Waals surface area contributed by atoms with Gasteiger partial charge in [0.05, 0.1) is 11.7 Å². The van der Waals surface area contributed by atoms with Crippen LogP contribution in [-0.2, 0) is 0 Å². The van der Waals surface area contributed by atoms with E-state index in [2.05, 4.69) is 96.6 Å². The van der Waals surface area contributed by atoms with E-state index >= 15 is 0 Å². The van der Waals surface area contributed by atoms with Crippen molar-refractivity contribution in [2.24, 2.45) is 0 Å². The van der Waals surface area contributed by atoms with Crippen molar-refractivity contribution in [3.05, 3.63) is 60.7 Å². The lowest BCUT2D eigenvalue weighted by Gasteiger charge is -2.51. The van der Waals surface area contributed by atoms with Crippen LogP contribution in [0.2, 0.25) is 0 Å². The summed E-state index contributed by atoms with van der Waals surface area (Å²) in [5.74, 6) is 0. The summed E-state index contributed by atoms with van der Waals surface area (Å²) >= 11 is 0. The molecule has 0 radical (unpaired) electrons. The smallest absolute Gasteiger partial charge is 0.0835 e. The molecule has 3 nitrogen and oxygen atoms in total. The lowest BCUT2D eigenvalue weighted by molar-refractivity contribution is 0.0770. The van der Waals surface area contributed by atoms with Crippen LogP contribution < -0.4 is 10.2 Å². The lowest BCUT2D eigenvalue weighted by Crippen LogP contribution is -2.66. The number of rotatable bonds is 17. The maximum Gasteiger partial charge on any atom is 0.0835 e. The van der Waals surface area contributed by atoms with Crippen LogP contribution in [0.25, 0.3) is 0 Å². The Bertz CT molecular complexity index is 765. The summed E-state index contributed by atoms with van der Waals surface area (Å²) in [5, 5.41) is 3.91. The van der Waals surface area contributed by atoms with Crippen molar-refractivity contribution in [2.45, 2.75) is 116 Å². The predicted octanol–water partition coefficient (Wildman–Crippen LogP) is 8.93. The third kappa shape index (κ3) is 8.92. The second kappa shape index (κ2) is 16.1. The molecule has 3 heteroatoms. The topological polar surface area (TPSA) is 18.5 Å². The number of nitrogens with zero attached hydrogens (tertiary/aromatic N) is 2. The zero-order valence-corrected chi connectivity index (χ0v) is 23.6. The summed E-state index contributed by atoms with van der Waals surface area (Å²) in [7, 11) is 0. The Morgan fingerprint density at radius 2 is 1.19 bits per heavy atom. The minimum atomic E-state index is -0.0970. The Labute approximate surface area is 222 Å². The van der Waals surface area contributed by atoms with E-state index in [1.165, 1.54) is 108 Å². The molecule has 2 aromatic rings. The van der Waals surface area contributed by atoms with Gasteiger partial charge in [-0.1, -0.05) is 114 Å². The second-order valence-electron chi connectivity index (χ2n) is 11.3. The fourth-order valence-corrected chi connectivity index (χ4v) is 5.96. The first-order valence-electron chi connectivity index (χ1n) is 15.0. The maximum atomic E-state index is 3.91. The third-order valence-corrected chi connectivity index (χ3v) is 7.90. The Morgan fingerprint density at radius 3 is 1.69 bits per heavy atom. The van der Waals surface area contributed by atoms with Gasteiger partial charge in [-0.15, -0.1) is 0 Å². The molecule has 200 valence electrons. The Morgan fingerprint density at radius 1 is 0.722 bits per heavy atom. The number of anilines is 2. The van der Waals surface area contributed by atoms with Gasteiger partial charge in [0.25, 0.3) is 0 Å². The molecule has 36 heavy (non-hydrogen) atoms. The summed E-state index contributed by atoms with van der Waals surface area (Å²) < 4.78 is 0. The molecule has 1 atom stereocenters. The average Bonchev–Trinajstić information content (AvgIpc) is 2.91. The van der Waals surface area contributed by atoms with E-state index in [0.29, 0.717) is 6.17 Å². The molecule has 1 saturated heterocycles. The molecule has 1 aliphatic rings. The minimum Gasteiger partial charge on any atom is -0.333 e. The highest BCUT2D eigenvalue weighted by atomic mass is 15.4. The van der Waals surface area contributed by atoms with Crippen molar-refractivity contribution in [1.82, 2.24) is 10.2 Å². The van der Waals surface area contributed by atoms with Crippen LogP contribution in [0.3, 0.4) is 0 Å². The number of para-hydroxylation sites is 2. The average molecular weight is 492 g/mol. The van der Waals surface area contributed by atoms with E-state index in [4.69, 9.17) is 0 Å². The number of hydrogen-bond acceptors (Lipinski definition) is 3. The molecule has 1 unspecified atom stereocenters. The van der Waals surface area contributed by atoms with Gasteiger partial charge in [0.2, 0.25) is 0 Å². The molecule has 0 amide bonds. The molecule has 1 fully saturated rings. The van der Waals surface area contributed by atoms with Gasteiger partial charge in [-0.3, -0.25) is 10.2 Å². The first-order valence-corrected chi connectivity index (χ1v) is 15.0. The number of unbranched alkanes of at least 4 members (excludes halogenated alkanes) is 11. The van der Waals surface area contributed by atoms with E-state index in [-0.39, 0.29) is 5.54 Å². The highest BCUT2D eigenvalue weighted by Crippen LogP contribution is 2.36. The van der Waals surface area contributed by atoms with Crippen LogP contribution in [0.4, 0.5) is 11.4 Å². The van der Waals surface area contributed by atoms with Crippen LogP contribution in [0, 0.1) is 0 Å². The summed E-state index contributed by atoms with van der Waals surface area (Å²) in [5.41, 5.74) is 2.41. The summed E-state index contributed by atoms with van der Waals surface area (Å²) in [4.78, 5) is 5.25. The fourth-order valence-electron chi connectivity index (χ4n) is 5.96. The van der Waals surface area contributed by atoms with E-state index < -0.39 is 0 Å². The first-order chi connectivity index (χ1) is 17.6. The van der Waals surface area contributed by atoms with E-state index in [1.807, 2.05) is 0 Å². The zero-order chi connectivity index (χ0) is 25.5. The van der Waals surface area contributed by atoms with E-state index in [1.54, 1.807) is 0 Å². The van der Waals surface area contributed by atoms with Crippen LogP contribution in [0.1, 0.15) is 104 Å². The van der Waals surface area contributed by atoms with Crippen LogP contribution in [0.5, 0.6) is 0 Å². The van der Waals surface area contributed by atoms with Crippen molar-refractivity contribution >= 4 is 11.4 Å². The SMILES string of the molecule is CCCCCCCCCCCCCCN1CCCNC1C(C)(C)N(c1ccccc1)c1ccccc1. The molecule has 3 rings (SSSR count).